The molecule has 0 radical (unpaired) electrons. The smallest absolute Gasteiger partial charge is 0.326 e. The Bertz CT molecular complexity index is 273. The number of aliphatic hydroxyl groups excluding tert-OH is 1. The van der Waals surface area contributed by atoms with E-state index in [2.05, 4.69) is 0 Å². The summed E-state index contributed by atoms with van der Waals surface area (Å²) in [6, 6.07) is -2.15. The van der Waals surface area contributed by atoms with E-state index in [1.165, 1.54) is 6.92 Å². The second-order valence-corrected chi connectivity index (χ2v) is 3.85. The summed E-state index contributed by atoms with van der Waals surface area (Å²) in [6.07, 6.45) is 0.547. The fourth-order valence-corrected chi connectivity index (χ4v) is 1.48. The van der Waals surface area contributed by atoms with Crippen molar-refractivity contribution in [3.05, 3.63) is 0 Å². The minimum Gasteiger partial charge on any atom is -0.480 e. The molecule has 8 heteroatoms. The lowest BCUT2D eigenvalue weighted by Gasteiger charge is -2.21. The van der Waals surface area contributed by atoms with Gasteiger partial charge in [-0.15, -0.1) is 0 Å². The average molecular weight is 250 g/mol. The van der Waals surface area contributed by atoms with E-state index in [1.54, 1.807) is 0 Å². The lowest BCUT2D eigenvalue weighted by molar-refractivity contribution is -0.145. The molecule has 0 rings (SSSR count). The van der Waals surface area contributed by atoms with Crippen LogP contribution in [0, 0.1) is 0 Å². The standard InChI is InChI=1S/C8H15N2O5P/c1-5(8(13)14)10(16-15)7(12)6(9)3-2-4-11/h5-6,11H,2-4,9H2,1H3,(H,13,14)/t5-,6-/m0/s1. The van der Waals surface area contributed by atoms with Gasteiger partial charge in [0.2, 0.25) is 5.91 Å². The highest BCUT2D eigenvalue weighted by Crippen LogP contribution is 2.14. The van der Waals surface area contributed by atoms with Crippen molar-refractivity contribution >= 4 is 20.5 Å². The molecule has 0 fully saturated rings. The third kappa shape index (κ3) is 4.22. The summed E-state index contributed by atoms with van der Waals surface area (Å²) in [5, 5.41) is 17.2. The van der Waals surface area contributed by atoms with Gasteiger partial charge in [0.25, 0.3) is 8.61 Å². The molecule has 0 aliphatic heterocycles. The maximum absolute atomic E-state index is 11.6. The quantitative estimate of drug-likeness (QED) is 0.528. The number of carbonyl (C=O) groups excluding carboxylic acids is 1. The zero-order chi connectivity index (χ0) is 12.7. The Morgan fingerprint density at radius 1 is 1.50 bits per heavy atom. The second-order valence-electron chi connectivity index (χ2n) is 3.25. The molecule has 0 spiro atoms. The number of aliphatic carboxylic acids is 1. The summed E-state index contributed by atoms with van der Waals surface area (Å²) < 4.78 is 11.3. The van der Waals surface area contributed by atoms with Gasteiger partial charge in [0.15, 0.2) is 0 Å². The number of hydrogen-bond acceptors (Lipinski definition) is 5. The summed E-state index contributed by atoms with van der Waals surface area (Å²) >= 11 is 0. The predicted molar refractivity (Wildman–Crippen MR) is 55.8 cm³/mol. The zero-order valence-corrected chi connectivity index (χ0v) is 9.76. The monoisotopic (exact) mass is 250 g/mol. The number of carbonyl (C=O) groups is 2. The maximum atomic E-state index is 11.6. The van der Waals surface area contributed by atoms with Crippen LogP contribution < -0.4 is 5.73 Å². The van der Waals surface area contributed by atoms with E-state index >= 15 is 0 Å². The van der Waals surface area contributed by atoms with Crippen LogP contribution >= 0.6 is 8.61 Å². The molecule has 0 aliphatic carbocycles. The predicted octanol–water partition coefficient (Wildman–Crippen LogP) is -0.405. The van der Waals surface area contributed by atoms with Gasteiger partial charge in [-0.1, -0.05) is 0 Å². The minimum atomic E-state index is -1.26. The van der Waals surface area contributed by atoms with Gasteiger partial charge in [-0.3, -0.25) is 4.79 Å². The highest BCUT2D eigenvalue weighted by atomic mass is 31.1. The Morgan fingerprint density at radius 2 is 2.06 bits per heavy atom. The van der Waals surface area contributed by atoms with Crippen molar-refractivity contribution in [2.24, 2.45) is 5.73 Å². The molecule has 16 heavy (non-hydrogen) atoms. The summed E-state index contributed by atoms with van der Waals surface area (Å²) in [6.45, 7) is 1.13. The third-order valence-corrected chi connectivity index (χ3v) is 2.75. The first-order chi connectivity index (χ1) is 7.45. The van der Waals surface area contributed by atoms with Crippen LogP contribution in [-0.4, -0.2) is 45.5 Å². The van der Waals surface area contributed by atoms with Crippen molar-refractivity contribution in [1.29, 1.82) is 0 Å². The molecule has 0 aromatic heterocycles. The van der Waals surface area contributed by atoms with Crippen LogP contribution in [0.4, 0.5) is 0 Å². The Morgan fingerprint density at radius 3 is 2.44 bits per heavy atom. The van der Waals surface area contributed by atoms with Crippen molar-refractivity contribution in [2.45, 2.75) is 31.8 Å². The van der Waals surface area contributed by atoms with E-state index in [1.807, 2.05) is 0 Å². The van der Waals surface area contributed by atoms with Gasteiger partial charge in [0.1, 0.15) is 6.04 Å². The van der Waals surface area contributed by atoms with Gasteiger partial charge >= 0.3 is 5.97 Å². The van der Waals surface area contributed by atoms with Crippen LogP contribution in [0.1, 0.15) is 19.8 Å². The van der Waals surface area contributed by atoms with E-state index < -0.39 is 32.6 Å². The molecule has 0 unspecified atom stereocenters. The number of rotatable bonds is 7. The van der Waals surface area contributed by atoms with Crippen molar-refractivity contribution in [3.63, 3.8) is 0 Å². The molecule has 0 bridgehead atoms. The Balaban J connectivity index is 4.52. The van der Waals surface area contributed by atoms with Crippen LogP contribution in [0.2, 0.25) is 0 Å². The number of nitrogens with two attached hydrogens (primary N) is 1. The molecule has 0 aromatic rings. The van der Waals surface area contributed by atoms with Crippen LogP contribution in [0.3, 0.4) is 0 Å². The number of carboxylic acids is 1. The molecule has 0 heterocycles. The fourth-order valence-electron chi connectivity index (χ4n) is 1.01. The molecular formula is C8H15N2O5P. The van der Waals surface area contributed by atoms with E-state index in [4.69, 9.17) is 15.9 Å². The van der Waals surface area contributed by atoms with E-state index in [0.717, 1.165) is 0 Å². The first-order valence-corrected chi connectivity index (χ1v) is 5.47. The molecule has 92 valence electrons. The topological polar surface area (TPSA) is 121 Å². The Labute approximate surface area is 94.5 Å². The van der Waals surface area contributed by atoms with Gasteiger partial charge in [-0.05, 0) is 19.8 Å². The van der Waals surface area contributed by atoms with E-state index in [0.29, 0.717) is 11.1 Å². The second kappa shape index (κ2) is 7.27. The molecule has 1 amide bonds. The average Bonchev–Trinajstić information content (AvgIpc) is 2.26. The van der Waals surface area contributed by atoms with Crippen LogP contribution in [0.25, 0.3) is 0 Å². The van der Waals surface area contributed by atoms with Crippen molar-refractivity contribution < 1.29 is 24.4 Å². The molecule has 0 aliphatic rings. The molecule has 4 N–H and O–H groups in total. The van der Waals surface area contributed by atoms with Crippen LogP contribution in [0.15, 0.2) is 0 Å². The maximum Gasteiger partial charge on any atom is 0.326 e. The van der Waals surface area contributed by atoms with Crippen LogP contribution in [-0.2, 0) is 14.2 Å². The lowest BCUT2D eigenvalue weighted by atomic mass is 10.1. The first kappa shape index (κ1) is 15.0. The molecule has 2 atom stereocenters. The molecule has 7 nitrogen and oxygen atoms in total. The van der Waals surface area contributed by atoms with Gasteiger partial charge in [0.05, 0.1) is 6.04 Å². The number of amides is 1. The van der Waals surface area contributed by atoms with Crippen molar-refractivity contribution in [2.75, 3.05) is 6.61 Å². The molecule has 0 saturated heterocycles. The van der Waals surface area contributed by atoms with Crippen molar-refractivity contribution in [3.8, 4) is 0 Å². The normalized spacial score (nSPS) is 14.4. The molecule has 0 aromatic carbocycles. The number of nitrogens with zero attached hydrogens (tertiary/aromatic N) is 1. The van der Waals surface area contributed by atoms with Gasteiger partial charge in [0, 0.05) is 6.61 Å². The lowest BCUT2D eigenvalue weighted by Crippen LogP contribution is -2.45. The largest absolute Gasteiger partial charge is 0.480 e. The summed E-state index contributed by atoms with van der Waals surface area (Å²) in [7, 11) is -0.701. The minimum absolute atomic E-state index is 0.107. The highest BCUT2D eigenvalue weighted by molar-refractivity contribution is 7.22. The SMILES string of the molecule is C[C@@H](C(=O)O)N(P=O)C(=O)[C@@H](N)CCCO. The number of hydrogen-bond donors (Lipinski definition) is 3. The fraction of sp³-hybridized carbons (Fsp3) is 0.750. The zero-order valence-electron chi connectivity index (χ0n) is 8.87. The Hall–Kier alpha value is -1.04. The Kier molecular flexibility index (Phi) is 6.80. The van der Waals surface area contributed by atoms with Crippen molar-refractivity contribution in [1.82, 2.24) is 4.67 Å². The van der Waals surface area contributed by atoms with Gasteiger partial charge < -0.3 is 15.9 Å². The van der Waals surface area contributed by atoms with Crippen LogP contribution in [0.5, 0.6) is 0 Å². The van der Waals surface area contributed by atoms with E-state index in [-0.39, 0.29) is 13.0 Å². The van der Waals surface area contributed by atoms with Gasteiger partial charge in [-0.2, -0.15) is 0 Å². The van der Waals surface area contributed by atoms with E-state index in [9.17, 15) is 14.2 Å². The summed E-state index contributed by atoms with van der Waals surface area (Å²) in [4.78, 5) is 22.2. The molecule has 0 saturated carbocycles. The number of carboxylic acid groups (broad SMARTS) is 1. The number of aliphatic hydroxyl groups is 1. The van der Waals surface area contributed by atoms with Gasteiger partial charge in [-0.25, -0.2) is 14.0 Å². The summed E-state index contributed by atoms with van der Waals surface area (Å²) in [5.41, 5.74) is 5.48. The summed E-state index contributed by atoms with van der Waals surface area (Å²) in [5.74, 6) is -1.97. The molecular weight excluding hydrogens is 235 g/mol. The first-order valence-electron chi connectivity index (χ1n) is 4.71. The third-order valence-electron chi connectivity index (χ3n) is 2.03. The highest BCUT2D eigenvalue weighted by Gasteiger charge is 2.29.